The number of benzene rings is 2. The number of nitrogens with one attached hydrogen (secondary N) is 1. The molecule has 1 aliphatic rings. The van der Waals surface area contributed by atoms with Gasteiger partial charge in [-0.25, -0.2) is 0 Å². The highest BCUT2D eigenvalue weighted by Gasteiger charge is 2.35. The van der Waals surface area contributed by atoms with E-state index in [0.29, 0.717) is 16.8 Å². The van der Waals surface area contributed by atoms with Crippen molar-refractivity contribution in [1.29, 1.82) is 0 Å². The van der Waals surface area contributed by atoms with Crippen LogP contribution >= 0.6 is 0 Å². The SMILES string of the molecule is Cc1cccc(/C(N)=C/C=C(\N)NC(=O)Cc2cc(C)cc3c2C(=O)N(C)C3=O)c1.[HH]. The average Bonchev–Trinajstić information content (AvgIpc) is 2.90. The Balaban J connectivity index is 0.00000341. The van der Waals surface area contributed by atoms with Crippen molar-refractivity contribution >= 4 is 23.4 Å². The van der Waals surface area contributed by atoms with Crippen LogP contribution in [0, 0.1) is 13.8 Å². The van der Waals surface area contributed by atoms with Crippen molar-refractivity contribution < 1.29 is 15.8 Å². The van der Waals surface area contributed by atoms with Crippen molar-refractivity contribution in [2.45, 2.75) is 20.3 Å². The van der Waals surface area contributed by atoms with Crippen molar-refractivity contribution in [2.75, 3.05) is 7.05 Å². The average molecular weight is 406 g/mol. The summed E-state index contributed by atoms with van der Waals surface area (Å²) in [5.41, 5.74) is 16.3. The van der Waals surface area contributed by atoms with Crippen molar-refractivity contribution in [3.05, 3.63) is 87.8 Å². The summed E-state index contributed by atoms with van der Waals surface area (Å²) >= 11 is 0. The van der Waals surface area contributed by atoms with Crippen LogP contribution in [0.2, 0.25) is 0 Å². The lowest BCUT2D eigenvalue weighted by atomic mass is 9.97. The van der Waals surface area contributed by atoms with E-state index >= 15 is 0 Å². The van der Waals surface area contributed by atoms with Crippen LogP contribution in [0.4, 0.5) is 0 Å². The van der Waals surface area contributed by atoms with Crippen LogP contribution in [-0.2, 0) is 11.2 Å². The molecule has 2 aromatic rings. The molecule has 7 nitrogen and oxygen atoms in total. The van der Waals surface area contributed by atoms with Gasteiger partial charge in [0.15, 0.2) is 0 Å². The predicted octanol–water partition coefficient (Wildman–Crippen LogP) is 2.23. The monoisotopic (exact) mass is 406 g/mol. The van der Waals surface area contributed by atoms with E-state index in [1.165, 1.54) is 13.1 Å². The van der Waals surface area contributed by atoms with Crippen LogP contribution in [-0.4, -0.2) is 29.7 Å². The molecule has 0 radical (unpaired) electrons. The molecule has 0 aliphatic carbocycles. The Morgan fingerprint density at radius 1 is 1.07 bits per heavy atom. The molecule has 7 heteroatoms. The summed E-state index contributed by atoms with van der Waals surface area (Å²) in [4.78, 5) is 38.1. The molecule has 156 valence electrons. The number of carbonyl (C=O) groups excluding carboxylic acids is 3. The second-order valence-electron chi connectivity index (χ2n) is 7.35. The predicted molar refractivity (Wildman–Crippen MR) is 117 cm³/mol. The van der Waals surface area contributed by atoms with E-state index in [0.717, 1.165) is 21.6 Å². The molecule has 1 aliphatic heterocycles. The fraction of sp³-hybridized carbons (Fsp3) is 0.174. The van der Waals surface area contributed by atoms with Gasteiger partial charge in [0, 0.05) is 14.2 Å². The first-order valence-electron chi connectivity index (χ1n) is 9.43. The Labute approximate surface area is 176 Å². The molecule has 0 fully saturated rings. The van der Waals surface area contributed by atoms with Gasteiger partial charge in [-0.2, -0.15) is 0 Å². The van der Waals surface area contributed by atoms with Gasteiger partial charge in [-0.05, 0) is 54.8 Å². The summed E-state index contributed by atoms with van der Waals surface area (Å²) in [5, 5.41) is 2.58. The standard InChI is InChI=1S/C23H24N4O3.H2/c1-13-5-4-6-15(9-13)18(24)7-8-19(25)26-20(28)12-16-10-14(2)11-17-21(16)23(30)27(3)22(17)29;/h4-11H,12,24-25H2,1-3H3,(H,26,28);1H/b18-7-,19-8+;. The van der Waals surface area contributed by atoms with E-state index in [9.17, 15) is 14.4 Å². The van der Waals surface area contributed by atoms with Crippen LogP contribution in [0.3, 0.4) is 0 Å². The number of fused-ring (bicyclic) bond motifs is 1. The fourth-order valence-electron chi connectivity index (χ4n) is 3.38. The number of nitrogens with zero attached hydrogens (tertiary/aromatic N) is 1. The van der Waals surface area contributed by atoms with Crippen LogP contribution in [0.1, 0.15) is 44.4 Å². The van der Waals surface area contributed by atoms with E-state index in [4.69, 9.17) is 11.5 Å². The maximum Gasteiger partial charge on any atom is 0.261 e. The maximum absolute atomic E-state index is 12.5. The summed E-state index contributed by atoms with van der Waals surface area (Å²) in [6, 6.07) is 11.1. The van der Waals surface area contributed by atoms with Crippen LogP contribution < -0.4 is 16.8 Å². The first kappa shape index (κ1) is 20.9. The summed E-state index contributed by atoms with van der Waals surface area (Å²) in [6.45, 7) is 3.78. The molecule has 3 rings (SSSR count). The highest BCUT2D eigenvalue weighted by atomic mass is 16.2. The molecular formula is C23H26N4O3. The molecule has 2 aromatic carbocycles. The third kappa shape index (κ3) is 4.25. The first-order valence-corrected chi connectivity index (χ1v) is 9.43. The summed E-state index contributed by atoms with van der Waals surface area (Å²) in [6.07, 6.45) is 3.05. The molecule has 0 unspecified atom stereocenters. The smallest absolute Gasteiger partial charge is 0.261 e. The van der Waals surface area contributed by atoms with E-state index in [1.54, 1.807) is 18.2 Å². The van der Waals surface area contributed by atoms with Crippen LogP contribution in [0.5, 0.6) is 0 Å². The number of hydrogen-bond donors (Lipinski definition) is 3. The van der Waals surface area contributed by atoms with Crippen molar-refractivity contribution in [3.8, 4) is 0 Å². The van der Waals surface area contributed by atoms with Gasteiger partial charge in [-0.15, -0.1) is 0 Å². The van der Waals surface area contributed by atoms with Gasteiger partial charge < -0.3 is 16.8 Å². The molecule has 0 aromatic heterocycles. The summed E-state index contributed by atoms with van der Waals surface area (Å²) < 4.78 is 0. The minimum absolute atomic E-state index is 0. The Morgan fingerprint density at radius 3 is 2.50 bits per heavy atom. The first-order chi connectivity index (χ1) is 14.2. The molecular weight excluding hydrogens is 380 g/mol. The van der Waals surface area contributed by atoms with Gasteiger partial charge >= 0.3 is 0 Å². The molecule has 1 heterocycles. The normalized spacial score (nSPS) is 14.2. The number of aryl methyl sites for hydroxylation is 2. The third-order valence-electron chi connectivity index (χ3n) is 4.85. The van der Waals surface area contributed by atoms with Gasteiger partial charge in [0.2, 0.25) is 5.91 Å². The van der Waals surface area contributed by atoms with Crippen LogP contribution in [0.15, 0.2) is 54.4 Å². The molecule has 0 atom stereocenters. The molecule has 3 amide bonds. The highest BCUT2D eigenvalue weighted by molar-refractivity contribution is 6.22. The largest absolute Gasteiger partial charge is 0.398 e. The Morgan fingerprint density at radius 2 is 1.80 bits per heavy atom. The molecule has 30 heavy (non-hydrogen) atoms. The lowest BCUT2D eigenvalue weighted by Crippen LogP contribution is -2.29. The fourth-order valence-corrected chi connectivity index (χ4v) is 3.38. The topological polar surface area (TPSA) is 119 Å². The molecule has 0 spiro atoms. The highest BCUT2D eigenvalue weighted by Crippen LogP contribution is 2.27. The molecule has 5 N–H and O–H groups in total. The Hall–Kier alpha value is -3.87. The molecule has 0 bridgehead atoms. The van der Waals surface area contributed by atoms with Gasteiger partial charge in [0.1, 0.15) is 5.82 Å². The van der Waals surface area contributed by atoms with Gasteiger partial charge in [0.25, 0.3) is 11.8 Å². The number of amides is 3. The Bertz CT molecular complexity index is 1120. The van der Waals surface area contributed by atoms with E-state index in [2.05, 4.69) is 5.32 Å². The van der Waals surface area contributed by atoms with E-state index < -0.39 is 11.8 Å². The van der Waals surface area contributed by atoms with Crippen molar-refractivity contribution in [3.63, 3.8) is 0 Å². The van der Waals surface area contributed by atoms with Gasteiger partial charge in [-0.1, -0.05) is 29.8 Å². The van der Waals surface area contributed by atoms with E-state index in [1.807, 2.05) is 38.1 Å². The van der Waals surface area contributed by atoms with Crippen LogP contribution in [0.25, 0.3) is 5.70 Å². The minimum Gasteiger partial charge on any atom is -0.398 e. The zero-order valence-corrected chi connectivity index (χ0v) is 17.2. The minimum atomic E-state index is -0.407. The van der Waals surface area contributed by atoms with Crippen molar-refractivity contribution in [1.82, 2.24) is 10.2 Å². The number of hydrogen-bond acceptors (Lipinski definition) is 5. The zero-order valence-electron chi connectivity index (χ0n) is 17.2. The number of nitrogens with two attached hydrogens (primary N) is 2. The molecule has 0 saturated heterocycles. The van der Waals surface area contributed by atoms with Gasteiger partial charge in [-0.3, -0.25) is 19.3 Å². The zero-order chi connectivity index (χ0) is 22.0. The lowest BCUT2D eigenvalue weighted by molar-refractivity contribution is -0.119. The summed E-state index contributed by atoms with van der Waals surface area (Å²) in [7, 11) is 1.43. The Kier molecular flexibility index (Phi) is 5.73. The van der Waals surface area contributed by atoms with Gasteiger partial charge in [0.05, 0.1) is 17.5 Å². The summed E-state index contributed by atoms with van der Waals surface area (Å²) in [5.74, 6) is -1.04. The molecule has 0 saturated carbocycles. The number of allylic oxidation sites excluding steroid dienone is 2. The van der Waals surface area contributed by atoms with Crippen molar-refractivity contribution in [2.24, 2.45) is 11.5 Å². The number of carbonyl (C=O) groups is 3. The second kappa shape index (κ2) is 8.24. The second-order valence-corrected chi connectivity index (χ2v) is 7.35. The third-order valence-corrected chi connectivity index (χ3v) is 4.85. The number of rotatable bonds is 5. The van der Waals surface area contributed by atoms with E-state index in [-0.39, 0.29) is 25.1 Å². The quantitative estimate of drug-likeness (QED) is 0.520. The lowest BCUT2D eigenvalue weighted by Gasteiger charge is -2.09. The number of imide groups is 1. The maximum atomic E-state index is 12.5.